The van der Waals surface area contributed by atoms with Crippen molar-refractivity contribution in [3.05, 3.63) is 189 Å². The van der Waals surface area contributed by atoms with Crippen LogP contribution in [-0.2, 0) is 0 Å². The molecular formula is C43H26N6O4S. The molecule has 10 nitrogen and oxygen atoms in total. The summed E-state index contributed by atoms with van der Waals surface area (Å²) < 4.78 is 3.14. The largest absolute Gasteiger partial charge is 0.269 e. The van der Waals surface area contributed by atoms with E-state index >= 15 is 0 Å². The fourth-order valence-corrected chi connectivity index (χ4v) is 7.63. The third-order valence-electron chi connectivity index (χ3n) is 9.27. The summed E-state index contributed by atoms with van der Waals surface area (Å²) in [6, 6.07) is 47.5. The minimum Gasteiger partial charge on any atom is -0.268 e. The number of fused-ring (bicyclic) bond motifs is 2. The predicted molar refractivity (Wildman–Crippen MR) is 212 cm³/mol. The molecule has 9 rings (SSSR count). The zero-order valence-corrected chi connectivity index (χ0v) is 29.1. The van der Waals surface area contributed by atoms with E-state index in [9.17, 15) is 19.7 Å². The van der Waals surface area contributed by atoms with E-state index in [-0.39, 0.29) is 16.8 Å². The van der Waals surface area contributed by atoms with Crippen LogP contribution < -0.4 is 11.1 Å². The van der Waals surface area contributed by atoms with Crippen molar-refractivity contribution in [2.75, 3.05) is 0 Å². The van der Waals surface area contributed by atoms with Gasteiger partial charge in [-0.2, -0.15) is 0 Å². The second-order valence-electron chi connectivity index (χ2n) is 12.5. The SMILES string of the molecule is O=c1c2ccccc2nc(-c2ccc([N+](=O)[O-])cc2)n1-c1ccc2c(=O)n(-c3nnc(-c4ccccc4)s3)c(-c3ccccc3)c(-c3ccccc3)c2c1. The van der Waals surface area contributed by atoms with Crippen molar-refractivity contribution in [1.29, 1.82) is 0 Å². The summed E-state index contributed by atoms with van der Waals surface area (Å²) in [5, 5.41) is 23.0. The zero-order chi connectivity index (χ0) is 36.8. The molecule has 0 aliphatic carbocycles. The Kier molecular flexibility index (Phi) is 8.02. The molecule has 11 heteroatoms. The first kappa shape index (κ1) is 32.5. The molecule has 9 aromatic rings. The van der Waals surface area contributed by atoms with Crippen molar-refractivity contribution >= 4 is 38.7 Å². The van der Waals surface area contributed by atoms with Crippen LogP contribution >= 0.6 is 11.3 Å². The number of nitro benzene ring substituents is 1. The number of hydrogen-bond donors (Lipinski definition) is 0. The molecule has 0 radical (unpaired) electrons. The Hall–Kier alpha value is -7.37. The third-order valence-corrected chi connectivity index (χ3v) is 10.2. The smallest absolute Gasteiger partial charge is 0.268 e. The Morgan fingerprint density at radius 3 is 1.85 bits per heavy atom. The van der Waals surface area contributed by atoms with Crippen LogP contribution in [0, 0.1) is 10.1 Å². The standard InChI is InChI=1S/C43H26N6O4S/c50-41-33-25-24-32(47-39(29-20-22-31(23-21-29)49(52)53)44-36-19-11-10-18-34(36)42(47)51)26-35(33)37(27-12-4-1-5-13-27)38(28-14-6-2-7-15-28)48(41)43-46-45-40(54-43)30-16-8-3-9-17-30/h1-26H. The second-order valence-corrected chi connectivity index (χ2v) is 13.4. The Bertz CT molecular complexity index is 3000. The molecule has 0 saturated carbocycles. The highest BCUT2D eigenvalue weighted by molar-refractivity contribution is 7.17. The molecule has 0 fully saturated rings. The number of nitro groups is 1. The highest BCUT2D eigenvalue weighted by Crippen LogP contribution is 2.40. The van der Waals surface area contributed by atoms with E-state index in [1.54, 1.807) is 53.1 Å². The predicted octanol–water partition coefficient (Wildman–Crippen LogP) is 9.12. The minimum absolute atomic E-state index is 0.0808. The first-order valence-corrected chi connectivity index (χ1v) is 17.8. The monoisotopic (exact) mass is 722 g/mol. The van der Waals surface area contributed by atoms with Crippen LogP contribution in [0.2, 0.25) is 0 Å². The van der Waals surface area contributed by atoms with Gasteiger partial charge in [-0.3, -0.25) is 24.3 Å². The number of para-hydroxylation sites is 1. The van der Waals surface area contributed by atoms with E-state index in [0.717, 1.165) is 22.3 Å². The maximum Gasteiger partial charge on any atom is 0.269 e. The number of nitrogens with zero attached hydrogens (tertiary/aromatic N) is 6. The third kappa shape index (κ3) is 5.56. The lowest BCUT2D eigenvalue weighted by Gasteiger charge is -2.20. The summed E-state index contributed by atoms with van der Waals surface area (Å²) in [5.41, 5.74) is 4.66. The van der Waals surface area contributed by atoms with Gasteiger partial charge in [0.05, 0.1) is 27.2 Å². The van der Waals surface area contributed by atoms with E-state index in [0.29, 0.717) is 54.6 Å². The van der Waals surface area contributed by atoms with Gasteiger partial charge in [-0.25, -0.2) is 9.55 Å². The van der Waals surface area contributed by atoms with Crippen LogP contribution in [0.25, 0.3) is 76.8 Å². The average molecular weight is 723 g/mol. The van der Waals surface area contributed by atoms with Gasteiger partial charge in [-0.15, -0.1) is 10.2 Å². The van der Waals surface area contributed by atoms with E-state index in [1.807, 2.05) is 97.1 Å². The molecule has 3 heterocycles. The molecule has 0 bridgehead atoms. The van der Waals surface area contributed by atoms with Crippen molar-refractivity contribution in [3.63, 3.8) is 0 Å². The molecule has 54 heavy (non-hydrogen) atoms. The fraction of sp³-hybridized carbons (Fsp3) is 0. The molecule has 0 saturated heterocycles. The molecule has 258 valence electrons. The lowest BCUT2D eigenvalue weighted by molar-refractivity contribution is -0.384. The number of benzene rings is 6. The summed E-state index contributed by atoms with van der Waals surface area (Å²) in [5.74, 6) is 0.299. The second kappa shape index (κ2) is 13.3. The molecule has 3 aromatic heterocycles. The van der Waals surface area contributed by atoms with Crippen molar-refractivity contribution in [2.45, 2.75) is 0 Å². The Morgan fingerprint density at radius 1 is 0.556 bits per heavy atom. The van der Waals surface area contributed by atoms with Gasteiger partial charge in [0.15, 0.2) is 0 Å². The van der Waals surface area contributed by atoms with Gasteiger partial charge in [0.1, 0.15) is 10.8 Å². The van der Waals surface area contributed by atoms with Gasteiger partial charge in [0.25, 0.3) is 16.8 Å². The number of rotatable bonds is 7. The van der Waals surface area contributed by atoms with Crippen molar-refractivity contribution in [1.82, 2.24) is 24.3 Å². The number of pyridine rings is 1. The minimum atomic E-state index is -0.472. The maximum absolute atomic E-state index is 14.9. The van der Waals surface area contributed by atoms with Gasteiger partial charge in [0, 0.05) is 34.2 Å². The number of non-ortho nitro benzene ring substituents is 1. The number of hydrogen-bond acceptors (Lipinski definition) is 8. The Morgan fingerprint density at radius 2 is 1.17 bits per heavy atom. The van der Waals surface area contributed by atoms with Crippen LogP contribution in [0.3, 0.4) is 0 Å². The van der Waals surface area contributed by atoms with Gasteiger partial charge < -0.3 is 0 Å². The van der Waals surface area contributed by atoms with Crippen LogP contribution in [0.15, 0.2) is 167 Å². The fourth-order valence-electron chi connectivity index (χ4n) is 6.78. The summed E-state index contributed by atoms with van der Waals surface area (Å²) in [4.78, 5) is 45.2. The van der Waals surface area contributed by atoms with E-state index in [4.69, 9.17) is 4.98 Å². The normalized spacial score (nSPS) is 11.3. The lowest BCUT2D eigenvalue weighted by Crippen LogP contribution is -2.23. The molecule has 0 unspecified atom stereocenters. The summed E-state index contributed by atoms with van der Waals surface area (Å²) in [7, 11) is 0. The van der Waals surface area contributed by atoms with Crippen molar-refractivity contribution in [3.8, 4) is 55.2 Å². The van der Waals surface area contributed by atoms with Crippen LogP contribution in [-0.4, -0.2) is 29.2 Å². The molecule has 0 aliphatic rings. The van der Waals surface area contributed by atoms with Crippen LogP contribution in [0.4, 0.5) is 5.69 Å². The lowest BCUT2D eigenvalue weighted by atomic mass is 9.93. The first-order chi connectivity index (χ1) is 26.5. The van der Waals surface area contributed by atoms with Crippen molar-refractivity contribution in [2.24, 2.45) is 0 Å². The summed E-state index contributed by atoms with van der Waals surface area (Å²) in [6.45, 7) is 0. The average Bonchev–Trinajstić information content (AvgIpc) is 3.71. The van der Waals surface area contributed by atoms with Gasteiger partial charge >= 0.3 is 0 Å². The highest BCUT2D eigenvalue weighted by Gasteiger charge is 2.24. The Balaban J connectivity index is 1.37. The number of aromatic nitrogens is 5. The topological polar surface area (TPSA) is 126 Å². The van der Waals surface area contributed by atoms with Crippen LogP contribution in [0.1, 0.15) is 0 Å². The molecule has 0 N–H and O–H groups in total. The quantitative estimate of drug-likeness (QED) is 0.119. The highest BCUT2D eigenvalue weighted by atomic mass is 32.1. The van der Waals surface area contributed by atoms with Gasteiger partial charge in [0.2, 0.25) is 5.13 Å². The molecule has 6 aromatic carbocycles. The zero-order valence-electron chi connectivity index (χ0n) is 28.2. The maximum atomic E-state index is 14.9. The van der Waals surface area contributed by atoms with E-state index in [1.165, 1.54) is 28.0 Å². The van der Waals surface area contributed by atoms with Crippen molar-refractivity contribution < 1.29 is 4.92 Å². The molecule has 0 atom stereocenters. The van der Waals surface area contributed by atoms with Gasteiger partial charge in [-0.1, -0.05) is 114 Å². The molecule has 0 aliphatic heterocycles. The summed E-state index contributed by atoms with van der Waals surface area (Å²) in [6.07, 6.45) is 0. The molecule has 0 spiro atoms. The molecular weight excluding hydrogens is 697 g/mol. The molecule has 0 amide bonds. The first-order valence-electron chi connectivity index (χ1n) is 17.0. The van der Waals surface area contributed by atoms with E-state index < -0.39 is 4.92 Å². The Labute approximate surface area is 310 Å². The van der Waals surface area contributed by atoms with Crippen LogP contribution in [0.5, 0.6) is 0 Å². The van der Waals surface area contributed by atoms with Gasteiger partial charge in [-0.05, 0) is 59.0 Å². The van der Waals surface area contributed by atoms with E-state index in [2.05, 4.69) is 10.2 Å². The summed E-state index contributed by atoms with van der Waals surface area (Å²) >= 11 is 1.32.